The minimum atomic E-state index is -0.203. The molecule has 0 saturated carbocycles. The second-order valence-electron chi connectivity index (χ2n) is 5.69. The van der Waals surface area contributed by atoms with Crippen LogP contribution in [-0.4, -0.2) is 48.2 Å². The highest BCUT2D eigenvalue weighted by molar-refractivity contribution is 8.01. The molecular weight excluding hydrogens is 415 g/mol. The highest BCUT2D eigenvalue weighted by Gasteiger charge is 2.17. The van der Waals surface area contributed by atoms with Crippen molar-refractivity contribution >= 4 is 57.3 Å². The number of carbonyl (C=O) groups excluding carboxylic acids is 1. The summed E-state index contributed by atoms with van der Waals surface area (Å²) in [5.74, 6) is 0.185. The molecule has 0 aliphatic carbocycles. The molecule has 1 N–H and O–H groups in total. The second-order valence-corrected chi connectivity index (χ2v) is 8.72. The monoisotopic (exact) mass is 432 g/mol. The fourth-order valence-corrected chi connectivity index (χ4v) is 4.76. The summed E-state index contributed by atoms with van der Waals surface area (Å²) in [5, 5.41) is 13.3. The van der Waals surface area contributed by atoms with Crippen molar-refractivity contribution < 1.29 is 9.53 Å². The van der Waals surface area contributed by atoms with Crippen LogP contribution in [0.1, 0.15) is 18.5 Å². The van der Waals surface area contributed by atoms with Crippen molar-refractivity contribution in [1.29, 1.82) is 0 Å². The Morgan fingerprint density at radius 3 is 2.88 bits per heavy atom. The van der Waals surface area contributed by atoms with Gasteiger partial charge in [0.25, 0.3) is 0 Å². The molecule has 1 unspecified atom stereocenters. The first-order valence-corrected chi connectivity index (χ1v) is 10.6. The highest BCUT2D eigenvalue weighted by Crippen LogP contribution is 2.29. The van der Waals surface area contributed by atoms with Gasteiger partial charge in [-0.1, -0.05) is 52.4 Å². The lowest BCUT2D eigenvalue weighted by atomic mass is 10.1. The number of aromatic nitrogens is 2. The summed E-state index contributed by atoms with van der Waals surface area (Å²) < 4.78 is 6.11. The number of hydrogen-bond donors (Lipinski definition) is 1. The van der Waals surface area contributed by atoms with E-state index in [1.807, 2.05) is 13.0 Å². The van der Waals surface area contributed by atoms with Gasteiger partial charge in [-0.25, -0.2) is 0 Å². The van der Waals surface area contributed by atoms with Gasteiger partial charge in [-0.05, 0) is 24.6 Å². The summed E-state index contributed by atoms with van der Waals surface area (Å²) in [6.07, 6.45) is 0. The SMILES string of the molecule is CC(NC(=O)CSc1nnc(N2CCOCC2)s1)c1ccc(Cl)cc1Cl. The summed E-state index contributed by atoms with van der Waals surface area (Å²) in [6, 6.07) is 5.05. The number of amides is 1. The lowest BCUT2D eigenvalue weighted by Gasteiger charge is -2.25. The number of benzene rings is 1. The molecule has 0 radical (unpaired) electrons. The zero-order chi connectivity index (χ0) is 18.5. The number of rotatable bonds is 6. The molecule has 1 atom stereocenters. The summed E-state index contributed by atoms with van der Waals surface area (Å²) in [6.45, 7) is 4.93. The van der Waals surface area contributed by atoms with Crippen molar-refractivity contribution in [2.75, 3.05) is 37.0 Å². The minimum Gasteiger partial charge on any atom is -0.378 e. The van der Waals surface area contributed by atoms with Crippen LogP contribution in [0, 0.1) is 0 Å². The third kappa shape index (κ3) is 5.23. The van der Waals surface area contributed by atoms with E-state index >= 15 is 0 Å². The van der Waals surface area contributed by atoms with Gasteiger partial charge in [-0.3, -0.25) is 4.79 Å². The number of anilines is 1. The molecule has 1 aliphatic rings. The second kappa shape index (κ2) is 9.23. The Balaban J connectivity index is 1.50. The van der Waals surface area contributed by atoms with Crippen LogP contribution in [0.25, 0.3) is 0 Å². The van der Waals surface area contributed by atoms with Crippen molar-refractivity contribution in [3.8, 4) is 0 Å². The Morgan fingerprint density at radius 1 is 1.38 bits per heavy atom. The third-order valence-corrected chi connectivity index (χ3v) is 6.49. The van der Waals surface area contributed by atoms with Crippen LogP contribution < -0.4 is 10.2 Å². The smallest absolute Gasteiger partial charge is 0.230 e. The molecule has 1 aromatic heterocycles. The Labute approximate surface area is 170 Å². The van der Waals surface area contributed by atoms with Gasteiger partial charge in [-0.2, -0.15) is 0 Å². The molecule has 1 fully saturated rings. The average molecular weight is 433 g/mol. The normalized spacial score (nSPS) is 15.7. The van der Waals surface area contributed by atoms with Crippen LogP contribution in [0.4, 0.5) is 5.13 Å². The van der Waals surface area contributed by atoms with E-state index in [-0.39, 0.29) is 17.7 Å². The van der Waals surface area contributed by atoms with Gasteiger partial charge in [0.15, 0.2) is 4.34 Å². The predicted octanol–water partition coefficient (Wildman–Crippen LogP) is 3.65. The van der Waals surface area contributed by atoms with E-state index in [0.29, 0.717) is 23.3 Å². The lowest BCUT2D eigenvalue weighted by molar-refractivity contribution is -0.119. The number of morpholine rings is 1. The topological polar surface area (TPSA) is 67.4 Å². The van der Waals surface area contributed by atoms with Crippen LogP contribution in [0.5, 0.6) is 0 Å². The highest BCUT2D eigenvalue weighted by atomic mass is 35.5. The molecule has 1 aliphatic heterocycles. The summed E-state index contributed by atoms with van der Waals surface area (Å²) in [7, 11) is 0. The zero-order valence-electron chi connectivity index (χ0n) is 14.1. The molecule has 6 nitrogen and oxygen atoms in total. The maximum Gasteiger partial charge on any atom is 0.230 e. The largest absolute Gasteiger partial charge is 0.378 e. The number of nitrogens with one attached hydrogen (secondary N) is 1. The first-order valence-electron chi connectivity index (χ1n) is 8.06. The van der Waals surface area contributed by atoms with E-state index in [2.05, 4.69) is 20.4 Å². The molecule has 0 bridgehead atoms. The molecular formula is C16H18Cl2N4O2S2. The Morgan fingerprint density at radius 2 is 2.15 bits per heavy atom. The fraction of sp³-hybridized carbons (Fsp3) is 0.438. The van der Waals surface area contributed by atoms with Crippen molar-refractivity contribution in [3.05, 3.63) is 33.8 Å². The molecule has 3 rings (SSSR count). The quantitative estimate of drug-likeness (QED) is 0.702. The van der Waals surface area contributed by atoms with E-state index in [0.717, 1.165) is 28.1 Å². The van der Waals surface area contributed by atoms with Gasteiger partial charge in [0, 0.05) is 23.1 Å². The molecule has 2 aromatic rings. The molecule has 1 amide bonds. The van der Waals surface area contributed by atoms with E-state index in [4.69, 9.17) is 27.9 Å². The van der Waals surface area contributed by atoms with Gasteiger partial charge in [0.05, 0.1) is 25.0 Å². The number of nitrogens with zero attached hydrogens (tertiary/aromatic N) is 3. The molecule has 10 heteroatoms. The maximum absolute atomic E-state index is 12.2. The predicted molar refractivity (Wildman–Crippen MR) is 107 cm³/mol. The average Bonchev–Trinajstić information content (AvgIpc) is 3.09. The Kier molecular flexibility index (Phi) is 6.99. The van der Waals surface area contributed by atoms with Crippen LogP contribution in [0.2, 0.25) is 10.0 Å². The molecule has 2 heterocycles. The summed E-state index contributed by atoms with van der Waals surface area (Å²) in [4.78, 5) is 14.4. The first kappa shape index (κ1) is 19.7. The van der Waals surface area contributed by atoms with Crippen LogP contribution in [0.3, 0.4) is 0 Å². The van der Waals surface area contributed by atoms with E-state index in [9.17, 15) is 4.79 Å². The van der Waals surface area contributed by atoms with Crippen molar-refractivity contribution in [1.82, 2.24) is 15.5 Å². The molecule has 1 saturated heterocycles. The van der Waals surface area contributed by atoms with Gasteiger partial charge < -0.3 is 15.0 Å². The summed E-state index contributed by atoms with van der Waals surface area (Å²) in [5.41, 5.74) is 0.833. The molecule has 140 valence electrons. The molecule has 1 aromatic carbocycles. The number of halogens is 2. The maximum atomic E-state index is 12.2. The Hall–Kier alpha value is -1.06. The Bertz CT molecular complexity index is 768. The van der Waals surface area contributed by atoms with E-state index < -0.39 is 0 Å². The van der Waals surface area contributed by atoms with Gasteiger partial charge >= 0.3 is 0 Å². The molecule has 26 heavy (non-hydrogen) atoms. The number of ether oxygens (including phenoxy) is 1. The van der Waals surface area contributed by atoms with Gasteiger partial charge in [0.2, 0.25) is 11.0 Å². The number of thioether (sulfide) groups is 1. The van der Waals surface area contributed by atoms with Crippen molar-refractivity contribution in [2.45, 2.75) is 17.3 Å². The molecule has 0 spiro atoms. The minimum absolute atomic E-state index is 0.0864. The van der Waals surface area contributed by atoms with Crippen molar-refractivity contribution in [2.24, 2.45) is 0 Å². The number of hydrogen-bond acceptors (Lipinski definition) is 7. The van der Waals surface area contributed by atoms with Crippen LogP contribution in [-0.2, 0) is 9.53 Å². The third-order valence-electron chi connectivity index (χ3n) is 3.81. The van der Waals surface area contributed by atoms with Crippen LogP contribution >= 0.6 is 46.3 Å². The van der Waals surface area contributed by atoms with E-state index in [1.165, 1.54) is 23.1 Å². The fourth-order valence-electron chi connectivity index (χ4n) is 2.48. The van der Waals surface area contributed by atoms with Crippen molar-refractivity contribution in [3.63, 3.8) is 0 Å². The standard InChI is InChI=1S/C16H18Cl2N4O2S2/c1-10(12-3-2-11(17)8-13(12)18)19-14(23)9-25-16-21-20-15(26-16)22-4-6-24-7-5-22/h2-3,8,10H,4-7,9H2,1H3,(H,19,23). The first-order chi connectivity index (χ1) is 12.5. The van der Waals surface area contributed by atoms with Crippen LogP contribution in [0.15, 0.2) is 22.5 Å². The van der Waals surface area contributed by atoms with E-state index in [1.54, 1.807) is 12.1 Å². The van der Waals surface area contributed by atoms with Gasteiger partial charge in [0.1, 0.15) is 0 Å². The number of carbonyl (C=O) groups is 1. The van der Waals surface area contributed by atoms with Gasteiger partial charge in [-0.15, -0.1) is 10.2 Å². The summed E-state index contributed by atoms with van der Waals surface area (Å²) >= 11 is 15.0. The zero-order valence-corrected chi connectivity index (χ0v) is 17.2. The lowest BCUT2D eigenvalue weighted by Crippen LogP contribution is -2.36.